The van der Waals surface area contributed by atoms with Crippen molar-refractivity contribution in [2.45, 2.75) is 25.9 Å². The lowest BCUT2D eigenvalue weighted by Gasteiger charge is -2.14. The molecular weight excluding hydrogens is 394 g/mol. The molecule has 31 heavy (non-hydrogen) atoms. The first-order valence-electron chi connectivity index (χ1n) is 9.97. The Kier molecular flexibility index (Phi) is 5.75. The van der Waals surface area contributed by atoms with Crippen LogP contribution in [-0.2, 0) is 20.7 Å². The summed E-state index contributed by atoms with van der Waals surface area (Å²) in [5.41, 5.74) is 0.944. The highest BCUT2D eigenvalue weighted by Crippen LogP contribution is 2.19. The third kappa shape index (κ3) is 4.78. The topological polar surface area (TPSA) is 101 Å². The summed E-state index contributed by atoms with van der Waals surface area (Å²) in [6.07, 6.45) is -0.755. The van der Waals surface area contributed by atoms with E-state index in [0.29, 0.717) is 22.4 Å². The van der Waals surface area contributed by atoms with Crippen molar-refractivity contribution in [1.29, 1.82) is 0 Å². The van der Waals surface area contributed by atoms with E-state index in [4.69, 9.17) is 4.74 Å². The van der Waals surface area contributed by atoms with Crippen molar-refractivity contribution < 1.29 is 14.3 Å². The number of H-pyrrole nitrogens is 1. The van der Waals surface area contributed by atoms with E-state index >= 15 is 0 Å². The minimum Gasteiger partial charge on any atom is -0.453 e. The molecule has 2 N–H and O–H groups in total. The van der Waals surface area contributed by atoms with E-state index in [1.165, 1.54) is 6.92 Å². The van der Waals surface area contributed by atoms with Gasteiger partial charge in [-0.3, -0.25) is 14.4 Å². The number of para-hydroxylation sites is 1. The standard InChI is InChI=1S/C24H21N3O4/c1-15(23(29)25-18-11-10-16-6-2-3-7-17(16)14-18)31-22(28)13-12-21-26-20-9-5-4-8-19(20)24(30)27-21/h2-11,14-15H,12-13H2,1H3,(H,25,29)(H,26,27,30)/t15-/m0/s1. The van der Waals surface area contributed by atoms with E-state index in [1.807, 2.05) is 36.4 Å². The van der Waals surface area contributed by atoms with E-state index < -0.39 is 18.0 Å². The zero-order valence-corrected chi connectivity index (χ0v) is 16.9. The Morgan fingerprint density at radius 2 is 1.77 bits per heavy atom. The lowest BCUT2D eigenvalue weighted by Crippen LogP contribution is -2.30. The van der Waals surface area contributed by atoms with Gasteiger partial charge in [0.2, 0.25) is 0 Å². The molecule has 0 spiro atoms. The number of aromatic amines is 1. The van der Waals surface area contributed by atoms with Crippen LogP contribution in [0.5, 0.6) is 0 Å². The number of aromatic nitrogens is 2. The Morgan fingerprint density at radius 3 is 2.61 bits per heavy atom. The predicted octanol–water partition coefficient (Wildman–Crippen LogP) is 3.58. The lowest BCUT2D eigenvalue weighted by molar-refractivity contribution is -0.153. The minimum atomic E-state index is -0.956. The number of amides is 1. The molecule has 0 saturated carbocycles. The summed E-state index contributed by atoms with van der Waals surface area (Å²) >= 11 is 0. The summed E-state index contributed by atoms with van der Waals surface area (Å²) in [4.78, 5) is 43.7. The third-order valence-corrected chi connectivity index (χ3v) is 4.92. The number of fused-ring (bicyclic) bond motifs is 2. The Balaban J connectivity index is 1.33. The van der Waals surface area contributed by atoms with Crippen LogP contribution in [0.3, 0.4) is 0 Å². The van der Waals surface area contributed by atoms with E-state index in [9.17, 15) is 14.4 Å². The largest absolute Gasteiger partial charge is 0.453 e. The fourth-order valence-electron chi connectivity index (χ4n) is 3.29. The van der Waals surface area contributed by atoms with Gasteiger partial charge in [0.25, 0.3) is 11.5 Å². The summed E-state index contributed by atoms with van der Waals surface area (Å²) in [5, 5.41) is 5.33. The van der Waals surface area contributed by atoms with E-state index in [1.54, 1.807) is 30.3 Å². The molecule has 1 amide bonds. The molecule has 1 atom stereocenters. The fraction of sp³-hybridized carbons (Fsp3) is 0.167. The molecule has 4 rings (SSSR count). The highest BCUT2D eigenvalue weighted by Gasteiger charge is 2.18. The Hall–Kier alpha value is -4.00. The number of nitrogens with one attached hydrogen (secondary N) is 2. The number of carbonyl (C=O) groups excluding carboxylic acids is 2. The second-order valence-electron chi connectivity index (χ2n) is 7.21. The number of ether oxygens (including phenoxy) is 1. The van der Waals surface area contributed by atoms with E-state index in [2.05, 4.69) is 15.3 Å². The van der Waals surface area contributed by atoms with Crippen LogP contribution in [0.2, 0.25) is 0 Å². The molecule has 0 fully saturated rings. The first-order valence-corrected chi connectivity index (χ1v) is 9.97. The number of hydrogen-bond acceptors (Lipinski definition) is 5. The fourth-order valence-corrected chi connectivity index (χ4v) is 3.29. The molecule has 156 valence electrons. The van der Waals surface area contributed by atoms with Crippen LogP contribution in [-0.4, -0.2) is 27.9 Å². The molecule has 0 aliphatic rings. The Morgan fingerprint density at radius 1 is 1.03 bits per heavy atom. The van der Waals surface area contributed by atoms with Crippen molar-refractivity contribution >= 4 is 39.2 Å². The zero-order valence-electron chi connectivity index (χ0n) is 16.9. The molecule has 0 aliphatic heterocycles. The van der Waals surface area contributed by atoms with Gasteiger partial charge >= 0.3 is 5.97 Å². The lowest BCUT2D eigenvalue weighted by atomic mass is 10.1. The normalized spacial score (nSPS) is 11.9. The van der Waals surface area contributed by atoms with Crippen molar-refractivity contribution in [3.63, 3.8) is 0 Å². The third-order valence-electron chi connectivity index (χ3n) is 4.92. The molecule has 7 heteroatoms. The van der Waals surface area contributed by atoms with Gasteiger partial charge in [0.05, 0.1) is 17.3 Å². The monoisotopic (exact) mass is 415 g/mol. The van der Waals surface area contributed by atoms with Crippen molar-refractivity contribution in [3.05, 3.63) is 82.9 Å². The second-order valence-corrected chi connectivity index (χ2v) is 7.21. The van der Waals surface area contributed by atoms with Crippen LogP contribution < -0.4 is 10.9 Å². The van der Waals surface area contributed by atoms with Gasteiger partial charge < -0.3 is 15.0 Å². The van der Waals surface area contributed by atoms with Crippen LogP contribution in [0.1, 0.15) is 19.2 Å². The molecule has 3 aromatic carbocycles. The molecule has 0 radical (unpaired) electrons. The molecule has 7 nitrogen and oxygen atoms in total. The maximum Gasteiger partial charge on any atom is 0.307 e. The number of aryl methyl sites for hydroxylation is 1. The summed E-state index contributed by atoms with van der Waals surface area (Å²) in [6.45, 7) is 1.52. The molecule has 0 saturated heterocycles. The van der Waals surface area contributed by atoms with Gasteiger partial charge in [-0.2, -0.15) is 0 Å². The van der Waals surface area contributed by atoms with Crippen LogP contribution in [0.4, 0.5) is 5.69 Å². The van der Waals surface area contributed by atoms with Crippen LogP contribution in [0, 0.1) is 0 Å². The summed E-state index contributed by atoms with van der Waals surface area (Å²) < 4.78 is 5.24. The first kappa shape index (κ1) is 20.3. The maximum absolute atomic E-state index is 12.4. The number of carbonyl (C=O) groups is 2. The van der Waals surface area contributed by atoms with Crippen LogP contribution in [0.15, 0.2) is 71.5 Å². The van der Waals surface area contributed by atoms with Gasteiger partial charge in [-0.15, -0.1) is 0 Å². The van der Waals surface area contributed by atoms with Crippen molar-refractivity contribution in [2.75, 3.05) is 5.32 Å². The molecule has 0 bridgehead atoms. The van der Waals surface area contributed by atoms with Gasteiger partial charge in [-0.25, -0.2) is 4.98 Å². The highest BCUT2D eigenvalue weighted by molar-refractivity contribution is 5.97. The molecule has 4 aromatic rings. The van der Waals surface area contributed by atoms with Crippen LogP contribution >= 0.6 is 0 Å². The quantitative estimate of drug-likeness (QED) is 0.469. The van der Waals surface area contributed by atoms with E-state index in [0.717, 1.165) is 10.8 Å². The average molecular weight is 415 g/mol. The van der Waals surface area contributed by atoms with Crippen molar-refractivity contribution in [3.8, 4) is 0 Å². The summed E-state index contributed by atoms with van der Waals surface area (Å²) in [7, 11) is 0. The Labute approximate surface area is 178 Å². The van der Waals surface area contributed by atoms with Crippen LogP contribution in [0.25, 0.3) is 21.7 Å². The minimum absolute atomic E-state index is 0.00508. The molecule has 0 aliphatic carbocycles. The van der Waals surface area contributed by atoms with Gasteiger partial charge in [0, 0.05) is 12.1 Å². The zero-order chi connectivity index (χ0) is 21.8. The molecular formula is C24H21N3O4. The van der Waals surface area contributed by atoms with Crippen molar-refractivity contribution in [2.24, 2.45) is 0 Å². The number of hydrogen-bond donors (Lipinski definition) is 2. The maximum atomic E-state index is 12.4. The predicted molar refractivity (Wildman–Crippen MR) is 119 cm³/mol. The number of esters is 1. The van der Waals surface area contributed by atoms with Gasteiger partial charge in [-0.1, -0.05) is 42.5 Å². The summed E-state index contributed by atoms with van der Waals surface area (Å²) in [5.74, 6) is -0.563. The number of anilines is 1. The second kappa shape index (κ2) is 8.79. The number of nitrogens with zero attached hydrogens (tertiary/aromatic N) is 1. The molecule has 0 unspecified atom stereocenters. The SMILES string of the molecule is C[C@H](OC(=O)CCc1nc2ccccc2c(=O)[nH]1)C(=O)Nc1ccc2ccccc2c1. The Bertz CT molecular complexity index is 1330. The van der Waals surface area contributed by atoms with E-state index in [-0.39, 0.29) is 18.4 Å². The average Bonchev–Trinajstić information content (AvgIpc) is 2.77. The van der Waals surface area contributed by atoms with Gasteiger partial charge in [-0.05, 0) is 42.0 Å². The first-order chi connectivity index (χ1) is 15.0. The molecule has 1 heterocycles. The van der Waals surface area contributed by atoms with Gasteiger partial charge in [0.15, 0.2) is 6.10 Å². The van der Waals surface area contributed by atoms with Gasteiger partial charge in [0.1, 0.15) is 5.82 Å². The summed E-state index contributed by atoms with van der Waals surface area (Å²) in [6, 6.07) is 20.4. The highest BCUT2D eigenvalue weighted by atomic mass is 16.5. The van der Waals surface area contributed by atoms with Crippen molar-refractivity contribution in [1.82, 2.24) is 9.97 Å². The molecule has 1 aromatic heterocycles. The number of benzene rings is 3. The number of rotatable bonds is 6. The smallest absolute Gasteiger partial charge is 0.307 e.